The van der Waals surface area contributed by atoms with Crippen LogP contribution in [0.4, 0.5) is 18.9 Å². The van der Waals surface area contributed by atoms with E-state index >= 15 is 0 Å². The van der Waals surface area contributed by atoms with Crippen LogP contribution in [0.15, 0.2) is 24.4 Å². The van der Waals surface area contributed by atoms with Gasteiger partial charge in [0.1, 0.15) is 17.9 Å². The van der Waals surface area contributed by atoms with Gasteiger partial charge in [-0.25, -0.2) is 4.79 Å². The summed E-state index contributed by atoms with van der Waals surface area (Å²) in [5, 5.41) is 9.29. The molecule has 1 aromatic carbocycles. The summed E-state index contributed by atoms with van der Waals surface area (Å²) in [6.07, 6.45) is -2.18. The molecule has 1 aromatic heterocycles. The Bertz CT molecular complexity index is 986. The number of rotatable bonds is 4. The number of nitriles is 1. The molecule has 7 nitrogen and oxygen atoms in total. The number of piperidine rings is 1. The lowest BCUT2D eigenvalue weighted by molar-refractivity contribution is -0.137. The van der Waals surface area contributed by atoms with E-state index in [0.29, 0.717) is 12.8 Å². The fourth-order valence-electron chi connectivity index (χ4n) is 3.37. The summed E-state index contributed by atoms with van der Waals surface area (Å²) in [4.78, 5) is 14.4. The first-order valence-electron chi connectivity index (χ1n) is 9.21. The molecule has 0 saturated carbocycles. The molecule has 1 saturated heterocycles. The minimum Gasteiger partial charge on any atom is -0.488 e. The smallest absolute Gasteiger partial charge is 0.416 e. The van der Waals surface area contributed by atoms with Gasteiger partial charge in [-0.2, -0.15) is 18.4 Å². The minimum absolute atomic E-state index is 0.0441. The number of ether oxygens (including phenoxy) is 2. The van der Waals surface area contributed by atoms with Gasteiger partial charge in [0.05, 0.1) is 29.6 Å². The van der Waals surface area contributed by atoms with Gasteiger partial charge in [-0.05, 0) is 38.1 Å². The van der Waals surface area contributed by atoms with Crippen molar-refractivity contribution in [2.45, 2.75) is 25.1 Å². The molecule has 2 aromatic rings. The Labute approximate surface area is 171 Å². The van der Waals surface area contributed by atoms with Crippen LogP contribution in [0.2, 0.25) is 0 Å². The minimum atomic E-state index is -4.61. The van der Waals surface area contributed by atoms with Crippen LogP contribution in [-0.2, 0) is 10.9 Å². The number of alkyl halides is 3. The van der Waals surface area contributed by atoms with Gasteiger partial charge >= 0.3 is 12.1 Å². The highest BCUT2D eigenvalue weighted by molar-refractivity contribution is 5.96. The summed E-state index contributed by atoms with van der Waals surface area (Å²) >= 11 is 0. The van der Waals surface area contributed by atoms with Gasteiger partial charge in [-0.15, -0.1) is 0 Å². The Morgan fingerprint density at radius 2 is 1.97 bits per heavy atom. The third-order valence-corrected chi connectivity index (χ3v) is 5.05. The highest BCUT2D eigenvalue weighted by Crippen LogP contribution is 2.37. The highest BCUT2D eigenvalue weighted by atomic mass is 19.4. The quantitative estimate of drug-likeness (QED) is 0.761. The van der Waals surface area contributed by atoms with Gasteiger partial charge in [-0.1, -0.05) is 0 Å². The van der Waals surface area contributed by atoms with Crippen molar-refractivity contribution in [1.29, 1.82) is 5.26 Å². The molecule has 0 radical (unpaired) electrons. The highest BCUT2D eigenvalue weighted by Gasteiger charge is 2.33. The maximum atomic E-state index is 13.4. The van der Waals surface area contributed by atoms with Crippen LogP contribution >= 0.6 is 0 Å². The number of carbonyl (C=O) groups excluding carboxylic acids is 1. The summed E-state index contributed by atoms with van der Waals surface area (Å²) in [5.41, 5.74) is 4.46. The van der Waals surface area contributed by atoms with Gasteiger partial charge < -0.3 is 24.7 Å². The number of nitrogens with zero attached hydrogens (tertiary/aromatic N) is 3. The molecule has 1 fully saturated rings. The van der Waals surface area contributed by atoms with E-state index in [4.69, 9.17) is 15.2 Å². The van der Waals surface area contributed by atoms with Crippen LogP contribution in [0.3, 0.4) is 0 Å². The number of nitrogens with two attached hydrogens (primary N) is 1. The maximum absolute atomic E-state index is 13.4. The van der Waals surface area contributed by atoms with Crippen molar-refractivity contribution in [3.05, 3.63) is 41.2 Å². The SMILES string of the molecule is COC(=O)c1c(N)c(C#N)cn1-c1cc(C(F)(F)F)ccc1OC1CCN(C)CC1. The molecule has 1 aliphatic rings. The Balaban J connectivity index is 2.14. The molecular formula is C20H21F3N4O3. The second kappa shape index (κ2) is 8.28. The van der Waals surface area contributed by atoms with E-state index in [9.17, 15) is 23.2 Å². The number of benzene rings is 1. The summed E-state index contributed by atoms with van der Waals surface area (Å²) < 4.78 is 52.0. The number of likely N-dealkylation sites (tertiary alicyclic amines) is 1. The number of methoxy groups -OCH3 is 1. The van der Waals surface area contributed by atoms with E-state index in [1.54, 1.807) is 0 Å². The number of nitrogen functional groups attached to an aromatic ring is 1. The predicted molar refractivity (Wildman–Crippen MR) is 102 cm³/mol. The molecule has 0 atom stereocenters. The molecule has 0 spiro atoms. The van der Waals surface area contributed by atoms with Gasteiger partial charge in [0.15, 0.2) is 5.69 Å². The fraction of sp³-hybridized carbons (Fsp3) is 0.400. The van der Waals surface area contributed by atoms with Crippen molar-refractivity contribution in [3.8, 4) is 17.5 Å². The number of carbonyl (C=O) groups is 1. The maximum Gasteiger partial charge on any atom is 0.416 e. The second-order valence-corrected chi connectivity index (χ2v) is 7.08. The van der Waals surface area contributed by atoms with Crippen LogP contribution in [0, 0.1) is 11.3 Å². The van der Waals surface area contributed by atoms with E-state index in [0.717, 1.165) is 36.9 Å². The molecule has 0 aliphatic carbocycles. The number of anilines is 1. The molecule has 0 unspecified atom stereocenters. The zero-order chi connectivity index (χ0) is 22.1. The van der Waals surface area contributed by atoms with E-state index in [2.05, 4.69) is 4.90 Å². The van der Waals surface area contributed by atoms with Crippen LogP contribution in [0.5, 0.6) is 5.75 Å². The molecule has 2 N–H and O–H groups in total. The molecule has 2 heterocycles. The summed E-state index contributed by atoms with van der Waals surface area (Å²) in [7, 11) is 3.10. The third kappa shape index (κ3) is 4.21. The molecule has 3 rings (SSSR count). The lowest BCUT2D eigenvalue weighted by Crippen LogP contribution is -2.35. The molecule has 160 valence electrons. The molecule has 0 amide bonds. The number of hydrogen-bond donors (Lipinski definition) is 1. The topological polar surface area (TPSA) is 93.5 Å². The Morgan fingerprint density at radius 1 is 1.30 bits per heavy atom. The van der Waals surface area contributed by atoms with Crippen molar-refractivity contribution in [1.82, 2.24) is 9.47 Å². The van der Waals surface area contributed by atoms with Crippen LogP contribution in [0.1, 0.15) is 34.5 Å². The van der Waals surface area contributed by atoms with Gasteiger partial charge in [-0.3, -0.25) is 0 Å². The zero-order valence-electron chi connectivity index (χ0n) is 16.5. The van der Waals surface area contributed by atoms with Gasteiger partial charge in [0, 0.05) is 19.3 Å². The molecular weight excluding hydrogens is 401 g/mol. The van der Waals surface area contributed by atoms with E-state index in [-0.39, 0.29) is 34.5 Å². The summed E-state index contributed by atoms with van der Waals surface area (Å²) in [6, 6.07) is 4.85. The molecule has 10 heteroatoms. The van der Waals surface area contributed by atoms with Crippen molar-refractivity contribution in [2.24, 2.45) is 0 Å². The molecule has 0 bridgehead atoms. The van der Waals surface area contributed by atoms with Crippen LogP contribution in [-0.4, -0.2) is 48.8 Å². The second-order valence-electron chi connectivity index (χ2n) is 7.08. The van der Waals surface area contributed by atoms with E-state index in [1.807, 2.05) is 13.1 Å². The van der Waals surface area contributed by atoms with Crippen molar-refractivity contribution < 1.29 is 27.4 Å². The average molecular weight is 422 g/mol. The molecule has 1 aliphatic heterocycles. The first-order valence-corrected chi connectivity index (χ1v) is 9.21. The van der Waals surface area contributed by atoms with Gasteiger partial charge in [0.25, 0.3) is 0 Å². The number of aromatic nitrogens is 1. The number of hydrogen-bond acceptors (Lipinski definition) is 6. The van der Waals surface area contributed by atoms with Crippen molar-refractivity contribution in [2.75, 3.05) is 33.0 Å². The van der Waals surface area contributed by atoms with Crippen molar-refractivity contribution >= 4 is 11.7 Å². The van der Waals surface area contributed by atoms with Crippen molar-refractivity contribution in [3.63, 3.8) is 0 Å². The largest absolute Gasteiger partial charge is 0.488 e. The van der Waals surface area contributed by atoms with Crippen LogP contribution in [0.25, 0.3) is 5.69 Å². The number of esters is 1. The fourth-order valence-corrected chi connectivity index (χ4v) is 3.37. The van der Waals surface area contributed by atoms with E-state index < -0.39 is 17.7 Å². The number of halogens is 3. The Morgan fingerprint density at radius 3 is 2.53 bits per heavy atom. The Hall–Kier alpha value is -3.19. The van der Waals surface area contributed by atoms with Crippen LogP contribution < -0.4 is 10.5 Å². The van der Waals surface area contributed by atoms with Gasteiger partial charge in [0.2, 0.25) is 0 Å². The third-order valence-electron chi connectivity index (χ3n) is 5.05. The summed E-state index contributed by atoms with van der Waals surface area (Å²) in [6.45, 7) is 1.59. The first kappa shape index (κ1) is 21.5. The lowest BCUT2D eigenvalue weighted by Gasteiger charge is -2.30. The predicted octanol–water partition coefficient (Wildman–Crippen LogP) is 3.21. The zero-order valence-corrected chi connectivity index (χ0v) is 16.5. The summed E-state index contributed by atoms with van der Waals surface area (Å²) in [5.74, 6) is -0.723. The standard InChI is InChI=1S/C20H21F3N4O3/c1-26-7-5-14(6-8-26)30-16-4-3-13(20(21,22)23)9-15(16)27-11-12(10-24)17(25)18(27)19(28)29-2/h3-4,9,11,14H,5-8,25H2,1-2H3. The first-order chi connectivity index (χ1) is 14.2. The lowest BCUT2D eigenvalue weighted by atomic mass is 10.1. The normalized spacial score (nSPS) is 15.6. The average Bonchev–Trinajstić information content (AvgIpc) is 3.04. The molecule has 30 heavy (non-hydrogen) atoms. The van der Waals surface area contributed by atoms with E-state index in [1.165, 1.54) is 12.3 Å². The monoisotopic (exact) mass is 422 g/mol. The Kier molecular flexibility index (Phi) is 5.94.